The van der Waals surface area contributed by atoms with Crippen molar-refractivity contribution in [3.05, 3.63) is 65.7 Å². The Hall–Kier alpha value is -2.37. The number of carbonyl (C=O) groups is 1. The zero-order valence-corrected chi connectivity index (χ0v) is 17.5. The number of likely N-dealkylation sites (tertiary alicyclic amines) is 1. The lowest BCUT2D eigenvalue weighted by atomic mass is 9.85. The maximum Gasteiger partial charge on any atom is 0.246 e. The van der Waals surface area contributed by atoms with Crippen molar-refractivity contribution in [3.8, 4) is 5.75 Å². The van der Waals surface area contributed by atoms with Gasteiger partial charge in [0.15, 0.2) is 0 Å². The van der Waals surface area contributed by atoms with Gasteiger partial charge in [-0.05, 0) is 62.0 Å². The van der Waals surface area contributed by atoms with Gasteiger partial charge in [0.25, 0.3) is 0 Å². The minimum absolute atomic E-state index is 0.0419. The molecule has 29 heavy (non-hydrogen) atoms. The molecule has 0 aromatic heterocycles. The van der Waals surface area contributed by atoms with Gasteiger partial charge >= 0.3 is 0 Å². The molecular formula is C24H32N2O3. The van der Waals surface area contributed by atoms with Crippen LogP contribution in [-0.2, 0) is 16.0 Å². The van der Waals surface area contributed by atoms with Gasteiger partial charge in [-0.3, -0.25) is 9.69 Å². The fraction of sp³-hybridized carbons (Fsp3) is 0.458. The predicted octanol–water partition coefficient (Wildman–Crippen LogP) is 3.45. The third-order valence-corrected chi connectivity index (χ3v) is 5.64. The van der Waals surface area contributed by atoms with Crippen LogP contribution < -0.4 is 10.1 Å². The first-order chi connectivity index (χ1) is 14.2. The van der Waals surface area contributed by atoms with E-state index in [0.717, 1.165) is 31.6 Å². The highest BCUT2D eigenvalue weighted by molar-refractivity contribution is 5.77. The van der Waals surface area contributed by atoms with Crippen LogP contribution in [0.4, 0.5) is 0 Å². The third kappa shape index (κ3) is 6.31. The summed E-state index contributed by atoms with van der Waals surface area (Å²) in [4.78, 5) is 14.6. The van der Waals surface area contributed by atoms with Crippen LogP contribution >= 0.6 is 0 Å². The van der Waals surface area contributed by atoms with Crippen molar-refractivity contribution in [3.63, 3.8) is 0 Å². The molecule has 0 spiro atoms. The quantitative estimate of drug-likeness (QED) is 0.660. The summed E-state index contributed by atoms with van der Waals surface area (Å²) >= 11 is 0. The van der Waals surface area contributed by atoms with Crippen molar-refractivity contribution < 1.29 is 14.3 Å². The maximum absolute atomic E-state index is 12.2. The number of nitrogens with zero attached hydrogens (tertiary/aromatic N) is 1. The largest absolute Gasteiger partial charge is 0.497 e. The molecule has 1 heterocycles. The summed E-state index contributed by atoms with van der Waals surface area (Å²) in [5, 5.41) is 3.08. The average molecular weight is 397 g/mol. The molecule has 5 heteroatoms. The van der Waals surface area contributed by atoms with Gasteiger partial charge in [0.2, 0.25) is 5.91 Å². The maximum atomic E-state index is 12.2. The molecule has 1 N–H and O–H groups in total. The SMILES string of the molecule is COc1ccc(C2C(CNC(=O)COCCc3ccccc3)CCCN2C)cc1. The molecule has 156 valence electrons. The van der Waals surface area contributed by atoms with Crippen molar-refractivity contribution in [1.82, 2.24) is 10.2 Å². The van der Waals surface area contributed by atoms with Crippen LogP contribution in [0.3, 0.4) is 0 Å². The molecule has 2 unspecified atom stereocenters. The minimum atomic E-state index is -0.0419. The Labute approximate surface area is 174 Å². The zero-order chi connectivity index (χ0) is 20.5. The smallest absolute Gasteiger partial charge is 0.246 e. The number of methoxy groups -OCH3 is 1. The fourth-order valence-corrected chi connectivity index (χ4v) is 4.10. The van der Waals surface area contributed by atoms with Crippen molar-refractivity contribution in [2.24, 2.45) is 5.92 Å². The van der Waals surface area contributed by atoms with Crippen LogP contribution in [0.25, 0.3) is 0 Å². The van der Waals surface area contributed by atoms with Crippen LogP contribution in [0.15, 0.2) is 54.6 Å². The van der Waals surface area contributed by atoms with Gasteiger partial charge in [-0.15, -0.1) is 0 Å². The molecule has 1 saturated heterocycles. The van der Waals surface area contributed by atoms with Gasteiger partial charge < -0.3 is 14.8 Å². The number of piperidine rings is 1. The van der Waals surface area contributed by atoms with E-state index in [1.165, 1.54) is 11.1 Å². The van der Waals surface area contributed by atoms with Crippen molar-refractivity contribution >= 4 is 5.91 Å². The molecule has 0 radical (unpaired) electrons. The highest BCUT2D eigenvalue weighted by atomic mass is 16.5. The molecule has 0 aliphatic carbocycles. The van der Waals surface area contributed by atoms with E-state index in [4.69, 9.17) is 9.47 Å². The average Bonchev–Trinajstić information content (AvgIpc) is 2.76. The predicted molar refractivity (Wildman–Crippen MR) is 115 cm³/mol. The summed E-state index contributed by atoms with van der Waals surface area (Å²) in [6.45, 7) is 2.41. The lowest BCUT2D eigenvalue weighted by Gasteiger charge is -2.39. The zero-order valence-electron chi connectivity index (χ0n) is 17.5. The van der Waals surface area contributed by atoms with Gasteiger partial charge in [0, 0.05) is 12.6 Å². The van der Waals surface area contributed by atoms with E-state index in [9.17, 15) is 4.79 Å². The number of hydrogen-bond donors (Lipinski definition) is 1. The molecule has 1 fully saturated rings. The third-order valence-electron chi connectivity index (χ3n) is 5.64. The highest BCUT2D eigenvalue weighted by Crippen LogP contribution is 2.35. The number of hydrogen-bond acceptors (Lipinski definition) is 4. The summed E-state index contributed by atoms with van der Waals surface area (Å²) in [6, 6.07) is 18.8. The minimum Gasteiger partial charge on any atom is -0.497 e. The van der Waals surface area contributed by atoms with Gasteiger partial charge in [0.1, 0.15) is 12.4 Å². The number of nitrogens with one attached hydrogen (secondary N) is 1. The van der Waals surface area contributed by atoms with Crippen LogP contribution in [0, 0.1) is 5.92 Å². The van der Waals surface area contributed by atoms with Crippen molar-refractivity contribution in [2.45, 2.75) is 25.3 Å². The van der Waals surface area contributed by atoms with Gasteiger partial charge in [-0.1, -0.05) is 42.5 Å². The molecule has 0 bridgehead atoms. The first-order valence-electron chi connectivity index (χ1n) is 10.4. The molecule has 2 aromatic carbocycles. The van der Waals surface area contributed by atoms with E-state index in [1.807, 2.05) is 30.3 Å². The molecule has 2 aromatic rings. The second-order valence-corrected chi connectivity index (χ2v) is 7.69. The summed E-state index contributed by atoms with van der Waals surface area (Å²) in [5.41, 5.74) is 2.49. The summed E-state index contributed by atoms with van der Waals surface area (Å²) < 4.78 is 10.8. The monoisotopic (exact) mass is 396 g/mol. The Balaban J connectivity index is 1.46. The lowest BCUT2D eigenvalue weighted by Crippen LogP contribution is -2.42. The molecule has 1 aliphatic heterocycles. The second-order valence-electron chi connectivity index (χ2n) is 7.69. The first kappa shape index (κ1) is 21.3. The normalized spacial score (nSPS) is 19.7. The van der Waals surface area contributed by atoms with E-state index in [0.29, 0.717) is 25.1 Å². The van der Waals surface area contributed by atoms with Crippen molar-refractivity contribution in [2.75, 3.05) is 40.5 Å². The molecule has 1 aliphatic rings. The van der Waals surface area contributed by atoms with Crippen molar-refractivity contribution in [1.29, 1.82) is 0 Å². The Morgan fingerprint density at radius 2 is 1.90 bits per heavy atom. The fourth-order valence-electron chi connectivity index (χ4n) is 4.10. The molecule has 3 rings (SSSR count). The van der Waals surface area contributed by atoms with Gasteiger partial charge in [-0.25, -0.2) is 0 Å². The van der Waals surface area contributed by atoms with Gasteiger partial charge in [-0.2, -0.15) is 0 Å². The van der Waals surface area contributed by atoms with Crippen LogP contribution in [0.5, 0.6) is 5.75 Å². The molecule has 2 atom stereocenters. The van der Waals surface area contributed by atoms with E-state index in [-0.39, 0.29) is 12.5 Å². The standard InChI is InChI=1S/C24H32N2O3/c1-26-15-6-9-21(24(26)20-10-12-22(28-2)13-11-20)17-25-23(27)18-29-16-14-19-7-4-3-5-8-19/h3-5,7-8,10-13,21,24H,6,9,14-18H2,1-2H3,(H,25,27). The lowest BCUT2D eigenvalue weighted by molar-refractivity contribution is -0.126. The Morgan fingerprint density at radius 1 is 1.14 bits per heavy atom. The van der Waals surface area contributed by atoms with E-state index in [2.05, 4.69) is 41.5 Å². The Morgan fingerprint density at radius 3 is 2.62 bits per heavy atom. The second kappa shape index (κ2) is 11.0. The topological polar surface area (TPSA) is 50.8 Å². The van der Waals surface area contributed by atoms with E-state index in [1.54, 1.807) is 7.11 Å². The van der Waals surface area contributed by atoms with Crippen LogP contribution in [0.2, 0.25) is 0 Å². The molecule has 5 nitrogen and oxygen atoms in total. The van der Waals surface area contributed by atoms with E-state index >= 15 is 0 Å². The van der Waals surface area contributed by atoms with Crippen LogP contribution in [0.1, 0.15) is 30.0 Å². The van der Waals surface area contributed by atoms with Crippen LogP contribution in [-0.4, -0.2) is 51.3 Å². The number of rotatable bonds is 9. The Kier molecular flexibility index (Phi) is 8.08. The summed E-state index contributed by atoms with van der Waals surface area (Å²) in [6.07, 6.45) is 3.08. The van der Waals surface area contributed by atoms with E-state index < -0.39 is 0 Å². The molecule has 1 amide bonds. The number of amides is 1. The number of ether oxygens (including phenoxy) is 2. The van der Waals surface area contributed by atoms with Gasteiger partial charge in [0.05, 0.1) is 13.7 Å². The summed E-state index contributed by atoms with van der Waals surface area (Å²) in [7, 11) is 3.84. The molecular weight excluding hydrogens is 364 g/mol. The summed E-state index contributed by atoms with van der Waals surface area (Å²) in [5.74, 6) is 1.21. The first-order valence-corrected chi connectivity index (χ1v) is 10.4. The highest BCUT2D eigenvalue weighted by Gasteiger charge is 2.30. The number of benzene rings is 2. The Bertz CT molecular complexity index is 748. The number of carbonyl (C=O) groups excluding carboxylic acids is 1. The molecule has 0 saturated carbocycles.